The van der Waals surface area contributed by atoms with E-state index >= 15 is 0 Å². The van der Waals surface area contributed by atoms with E-state index in [0.29, 0.717) is 4.47 Å². The second-order valence-electron chi connectivity index (χ2n) is 4.08. The number of aryl methyl sites for hydroxylation is 1. The molecule has 0 aliphatic heterocycles. The van der Waals surface area contributed by atoms with Gasteiger partial charge in [-0.3, -0.25) is 0 Å². The van der Waals surface area contributed by atoms with Gasteiger partial charge in [-0.25, -0.2) is 17.5 Å². The molecule has 0 aliphatic rings. The van der Waals surface area contributed by atoms with E-state index in [0.717, 1.165) is 11.6 Å². The third-order valence-electron chi connectivity index (χ3n) is 2.54. The standard InChI is InChI=1S/C12H12BrFN2O2S/c1-16-5-4-9(8-16)7-15-19(17,18)12-3-2-10(13)6-11(12)14/h2-6,8,15H,7H2,1H3. The molecule has 0 amide bonds. The third kappa shape index (κ3) is 3.43. The summed E-state index contributed by atoms with van der Waals surface area (Å²) in [5.41, 5.74) is 0.809. The quantitative estimate of drug-likeness (QED) is 0.924. The Morgan fingerprint density at radius 1 is 1.37 bits per heavy atom. The highest BCUT2D eigenvalue weighted by Gasteiger charge is 2.18. The van der Waals surface area contributed by atoms with E-state index in [2.05, 4.69) is 20.7 Å². The van der Waals surface area contributed by atoms with Gasteiger partial charge in [0, 0.05) is 30.5 Å². The molecule has 102 valence electrons. The van der Waals surface area contributed by atoms with E-state index in [1.54, 1.807) is 12.3 Å². The van der Waals surface area contributed by atoms with Crippen molar-refractivity contribution in [2.24, 2.45) is 7.05 Å². The van der Waals surface area contributed by atoms with Gasteiger partial charge in [-0.05, 0) is 29.8 Å². The predicted molar refractivity (Wildman–Crippen MR) is 73.5 cm³/mol. The number of rotatable bonds is 4. The van der Waals surface area contributed by atoms with E-state index in [1.807, 2.05) is 17.8 Å². The van der Waals surface area contributed by atoms with Gasteiger partial charge in [0.2, 0.25) is 10.0 Å². The molecule has 4 nitrogen and oxygen atoms in total. The number of halogens is 2. The largest absolute Gasteiger partial charge is 0.357 e. The lowest BCUT2D eigenvalue weighted by atomic mass is 10.3. The molecule has 7 heteroatoms. The van der Waals surface area contributed by atoms with Crippen LogP contribution in [0.15, 0.2) is 46.0 Å². The van der Waals surface area contributed by atoms with Gasteiger partial charge < -0.3 is 4.57 Å². The fraction of sp³-hybridized carbons (Fsp3) is 0.167. The van der Waals surface area contributed by atoms with Gasteiger partial charge in [-0.1, -0.05) is 15.9 Å². The highest BCUT2D eigenvalue weighted by molar-refractivity contribution is 9.10. The topological polar surface area (TPSA) is 51.1 Å². The van der Waals surface area contributed by atoms with Crippen LogP contribution in [0.4, 0.5) is 4.39 Å². The number of hydrogen-bond acceptors (Lipinski definition) is 2. The first-order chi connectivity index (χ1) is 8.88. The smallest absolute Gasteiger partial charge is 0.243 e. The number of benzene rings is 1. The van der Waals surface area contributed by atoms with Gasteiger partial charge in [0.05, 0.1) is 0 Å². The fourth-order valence-electron chi connectivity index (χ4n) is 1.61. The molecule has 2 aromatic rings. The molecule has 1 heterocycles. The molecule has 19 heavy (non-hydrogen) atoms. The normalized spacial score (nSPS) is 11.7. The van der Waals surface area contributed by atoms with Crippen LogP contribution in [-0.4, -0.2) is 13.0 Å². The highest BCUT2D eigenvalue weighted by atomic mass is 79.9. The Kier molecular flexibility index (Phi) is 4.07. The molecule has 1 N–H and O–H groups in total. The summed E-state index contributed by atoms with van der Waals surface area (Å²) in [6.45, 7) is 0.124. The third-order valence-corrected chi connectivity index (χ3v) is 4.47. The molecule has 0 bridgehead atoms. The molecular formula is C12H12BrFN2O2S. The number of nitrogens with zero attached hydrogens (tertiary/aromatic N) is 1. The molecule has 0 fully saturated rings. The van der Waals surface area contributed by atoms with Gasteiger partial charge in [-0.15, -0.1) is 0 Å². The summed E-state index contributed by atoms with van der Waals surface area (Å²) >= 11 is 3.08. The molecule has 0 saturated heterocycles. The molecule has 1 aromatic carbocycles. The molecule has 0 atom stereocenters. The Hall–Kier alpha value is -1.18. The molecule has 0 saturated carbocycles. The van der Waals surface area contributed by atoms with Crippen LogP contribution in [0.5, 0.6) is 0 Å². The molecule has 0 radical (unpaired) electrons. The van der Waals surface area contributed by atoms with Crippen LogP contribution in [0.1, 0.15) is 5.56 Å². The summed E-state index contributed by atoms with van der Waals surface area (Å²) in [4.78, 5) is -0.355. The summed E-state index contributed by atoms with van der Waals surface area (Å²) in [7, 11) is -2.01. The average molecular weight is 347 g/mol. The van der Waals surface area contributed by atoms with Gasteiger partial charge >= 0.3 is 0 Å². The Labute approximate surface area is 119 Å². The van der Waals surface area contributed by atoms with Crippen LogP contribution in [0.25, 0.3) is 0 Å². The molecule has 0 aliphatic carbocycles. The van der Waals surface area contributed by atoms with Crippen molar-refractivity contribution in [2.45, 2.75) is 11.4 Å². The first-order valence-corrected chi connectivity index (χ1v) is 7.72. The maximum absolute atomic E-state index is 13.6. The first kappa shape index (κ1) is 14.2. The van der Waals surface area contributed by atoms with Crippen LogP contribution in [0, 0.1) is 5.82 Å². The van der Waals surface area contributed by atoms with Gasteiger partial charge in [0.15, 0.2) is 0 Å². The van der Waals surface area contributed by atoms with Crippen molar-refractivity contribution in [3.8, 4) is 0 Å². The monoisotopic (exact) mass is 346 g/mol. The lowest BCUT2D eigenvalue weighted by molar-refractivity contribution is 0.556. The van der Waals surface area contributed by atoms with E-state index < -0.39 is 15.8 Å². The minimum absolute atomic E-state index is 0.124. The maximum Gasteiger partial charge on any atom is 0.243 e. The van der Waals surface area contributed by atoms with Crippen molar-refractivity contribution < 1.29 is 12.8 Å². The van der Waals surface area contributed by atoms with Crippen LogP contribution < -0.4 is 4.72 Å². The predicted octanol–water partition coefficient (Wildman–Crippen LogP) is 2.41. The molecule has 0 unspecified atom stereocenters. The Balaban J connectivity index is 2.18. The summed E-state index contributed by atoms with van der Waals surface area (Å²) in [5, 5.41) is 0. The SMILES string of the molecule is Cn1ccc(CNS(=O)(=O)c2ccc(Br)cc2F)c1. The maximum atomic E-state index is 13.6. The molecule has 0 spiro atoms. The lowest BCUT2D eigenvalue weighted by Gasteiger charge is -2.07. The minimum Gasteiger partial charge on any atom is -0.357 e. The van der Waals surface area contributed by atoms with E-state index in [9.17, 15) is 12.8 Å². The van der Waals surface area contributed by atoms with E-state index in [4.69, 9.17) is 0 Å². The average Bonchev–Trinajstić information content (AvgIpc) is 2.72. The highest BCUT2D eigenvalue weighted by Crippen LogP contribution is 2.19. The zero-order valence-electron chi connectivity index (χ0n) is 10.1. The number of sulfonamides is 1. The number of hydrogen-bond donors (Lipinski definition) is 1. The minimum atomic E-state index is -3.85. The van der Waals surface area contributed by atoms with Crippen molar-refractivity contribution >= 4 is 26.0 Å². The van der Waals surface area contributed by atoms with Crippen LogP contribution in [0.3, 0.4) is 0 Å². The van der Waals surface area contributed by atoms with Gasteiger partial charge in [-0.2, -0.15) is 0 Å². The van der Waals surface area contributed by atoms with E-state index in [-0.39, 0.29) is 11.4 Å². The Bertz CT molecular complexity index is 698. The van der Waals surface area contributed by atoms with Gasteiger partial charge in [0.25, 0.3) is 0 Å². The summed E-state index contributed by atoms with van der Waals surface area (Å²) < 4.78 is 42.2. The second kappa shape index (κ2) is 5.44. The second-order valence-corrected chi connectivity index (χ2v) is 6.74. The zero-order chi connectivity index (χ0) is 14.0. The van der Waals surface area contributed by atoms with Crippen molar-refractivity contribution in [1.82, 2.24) is 9.29 Å². The van der Waals surface area contributed by atoms with Crippen molar-refractivity contribution in [1.29, 1.82) is 0 Å². The van der Waals surface area contributed by atoms with Crippen molar-refractivity contribution in [3.05, 3.63) is 52.5 Å². The van der Waals surface area contributed by atoms with E-state index in [1.165, 1.54) is 12.1 Å². The molecular weight excluding hydrogens is 335 g/mol. The number of aromatic nitrogens is 1. The van der Waals surface area contributed by atoms with Crippen LogP contribution in [-0.2, 0) is 23.6 Å². The summed E-state index contributed by atoms with van der Waals surface area (Å²) in [6, 6.07) is 5.63. The first-order valence-electron chi connectivity index (χ1n) is 5.44. The molecule has 2 rings (SSSR count). The van der Waals surface area contributed by atoms with Gasteiger partial charge in [0.1, 0.15) is 10.7 Å². The van der Waals surface area contributed by atoms with Crippen LogP contribution in [0.2, 0.25) is 0 Å². The Morgan fingerprint density at radius 2 is 2.11 bits per heavy atom. The summed E-state index contributed by atoms with van der Waals surface area (Å²) in [5.74, 6) is -0.782. The van der Waals surface area contributed by atoms with Crippen molar-refractivity contribution in [3.63, 3.8) is 0 Å². The lowest BCUT2D eigenvalue weighted by Crippen LogP contribution is -2.24. The van der Waals surface area contributed by atoms with Crippen molar-refractivity contribution in [2.75, 3.05) is 0 Å². The number of nitrogens with one attached hydrogen (secondary N) is 1. The fourth-order valence-corrected chi connectivity index (χ4v) is 3.02. The van der Waals surface area contributed by atoms with Crippen LogP contribution >= 0.6 is 15.9 Å². The molecule has 1 aromatic heterocycles. The summed E-state index contributed by atoms with van der Waals surface area (Å²) in [6.07, 6.45) is 3.60. The zero-order valence-corrected chi connectivity index (χ0v) is 12.5. The Morgan fingerprint density at radius 3 is 2.68 bits per heavy atom.